The quantitative estimate of drug-likeness (QED) is 0.485. The smallest absolute Gasteiger partial charge is 0.293 e. The molecule has 2 atom stereocenters. The third-order valence-corrected chi connectivity index (χ3v) is 4.84. The van der Waals surface area contributed by atoms with Gasteiger partial charge in [0.25, 0.3) is 5.69 Å². The van der Waals surface area contributed by atoms with Gasteiger partial charge in [0.1, 0.15) is 11.5 Å². The van der Waals surface area contributed by atoms with Crippen LogP contribution in [-0.4, -0.2) is 24.6 Å². The summed E-state index contributed by atoms with van der Waals surface area (Å²) in [6.45, 7) is 0.551. The molecule has 2 unspecified atom stereocenters. The number of halogens is 2. The van der Waals surface area contributed by atoms with E-state index >= 15 is 0 Å². The van der Waals surface area contributed by atoms with E-state index in [-0.39, 0.29) is 15.3 Å². The van der Waals surface area contributed by atoms with Crippen LogP contribution >= 0.6 is 22.6 Å². The molecule has 1 aliphatic rings. The largest absolute Gasteiger partial charge is 0.366 e. The van der Waals surface area contributed by atoms with Crippen molar-refractivity contribution in [3.8, 4) is 0 Å². The van der Waals surface area contributed by atoms with E-state index in [1.807, 2.05) is 4.90 Å². The fraction of sp³-hybridized carbons (Fsp3) is 0.538. The summed E-state index contributed by atoms with van der Waals surface area (Å²) in [6, 6.07) is 2.68. The van der Waals surface area contributed by atoms with Gasteiger partial charge in [-0.05, 0) is 47.9 Å². The predicted molar refractivity (Wildman–Crippen MR) is 84.4 cm³/mol. The van der Waals surface area contributed by atoms with Crippen LogP contribution in [0.2, 0.25) is 0 Å². The molecule has 0 saturated heterocycles. The molecule has 2 rings (SSSR count). The molecule has 0 radical (unpaired) electrons. The maximum atomic E-state index is 13.8. The molecule has 1 saturated carbocycles. The van der Waals surface area contributed by atoms with Crippen molar-refractivity contribution in [2.75, 3.05) is 18.5 Å². The van der Waals surface area contributed by atoms with E-state index in [1.54, 1.807) is 29.6 Å². The molecular formula is C13H17FIN3O2. The number of benzene rings is 1. The molecule has 110 valence electrons. The monoisotopic (exact) mass is 393 g/mol. The first-order chi connectivity index (χ1) is 9.45. The van der Waals surface area contributed by atoms with Crippen molar-refractivity contribution in [2.45, 2.75) is 25.3 Å². The Bertz CT molecular complexity index is 527. The van der Waals surface area contributed by atoms with Gasteiger partial charge >= 0.3 is 0 Å². The number of hydrogen-bond acceptors (Lipinski definition) is 4. The molecule has 5 nitrogen and oxygen atoms in total. The molecule has 20 heavy (non-hydrogen) atoms. The fourth-order valence-electron chi connectivity index (χ4n) is 2.94. The van der Waals surface area contributed by atoms with Crippen LogP contribution < -0.4 is 10.6 Å². The molecule has 0 aromatic heterocycles. The minimum Gasteiger partial charge on any atom is -0.366 e. The summed E-state index contributed by atoms with van der Waals surface area (Å²) in [5.74, 6) is -0.123. The average Bonchev–Trinajstić information content (AvgIpc) is 2.88. The van der Waals surface area contributed by atoms with Gasteiger partial charge in [0.15, 0.2) is 0 Å². The molecule has 1 aromatic rings. The van der Waals surface area contributed by atoms with Gasteiger partial charge in [0.05, 0.1) is 8.49 Å². The Kier molecular flexibility index (Phi) is 4.79. The van der Waals surface area contributed by atoms with Crippen molar-refractivity contribution < 1.29 is 9.31 Å². The fourth-order valence-corrected chi connectivity index (χ4v) is 3.39. The molecule has 1 fully saturated rings. The van der Waals surface area contributed by atoms with Gasteiger partial charge in [-0.1, -0.05) is 6.42 Å². The predicted octanol–water partition coefficient (Wildman–Crippen LogP) is 2.90. The second kappa shape index (κ2) is 6.21. The van der Waals surface area contributed by atoms with Crippen molar-refractivity contribution in [3.05, 3.63) is 31.6 Å². The Hall–Kier alpha value is -0.960. The van der Waals surface area contributed by atoms with Crippen LogP contribution in [0.1, 0.15) is 19.3 Å². The zero-order valence-corrected chi connectivity index (χ0v) is 13.3. The van der Waals surface area contributed by atoms with E-state index in [1.165, 1.54) is 12.1 Å². The minimum absolute atomic E-state index is 0.0547. The number of hydrogen-bond donors (Lipinski definition) is 1. The van der Waals surface area contributed by atoms with E-state index in [2.05, 4.69) is 0 Å². The lowest BCUT2D eigenvalue weighted by molar-refractivity contribution is -0.384. The standard InChI is InChI=1S/C13H17FIN3O2/c1-17(11-4-2-3-8(11)7-16)12-5-9(14)10(15)6-13(12)18(19)20/h5-6,8,11H,2-4,7,16H2,1H3. The maximum Gasteiger partial charge on any atom is 0.293 e. The number of rotatable bonds is 4. The Labute approximate surface area is 130 Å². The molecule has 2 N–H and O–H groups in total. The van der Waals surface area contributed by atoms with Crippen molar-refractivity contribution in [1.29, 1.82) is 0 Å². The first-order valence-electron chi connectivity index (χ1n) is 6.52. The van der Waals surface area contributed by atoms with Gasteiger partial charge in [0.2, 0.25) is 0 Å². The first kappa shape index (κ1) is 15.4. The van der Waals surface area contributed by atoms with Crippen LogP contribution in [0, 0.1) is 25.4 Å². The van der Waals surface area contributed by atoms with Crippen LogP contribution in [0.25, 0.3) is 0 Å². The third kappa shape index (κ3) is 2.88. The van der Waals surface area contributed by atoms with Gasteiger partial charge in [-0.3, -0.25) is 10.1 Å². The topological polar surface area (TPSA) is 72.4 Å². The van der Waals surface area contributed by atoms with E-state index in [0.717, 1.165) is 19.3 Å². The summed E-state index contributed by atoms with van der Waals surface area (Å²) < 4.78 is 14.0. The van der Waals surface area contributed by atoms with E-state index in [9.17, 15) is 14.5 Å². The van der Waals surface area contributed by atoms with Gasteiger partial charge < -0.3 is 10.6 Å². The second-order valence-corrected chi connectivity index (χ2v) is 6.28. The van der Waals surface area contributed by atoms with E-state index < -0.39 is 10.7 Å². The zero-order chi connectivity index (χ0) is 14.9. The number of anilines is 1. The first-order valence-corrected chi connectivity index (χ1v) is 7.60. The number of nitro groups is 1. The summed E-state index contributed by atoms with van der Waals surface area (Å²) >= 11 is 1.77. The van der Waals surface area contributed by atoms with Crippen molar-refractivity contribution in [3.63, 3.8) is 0 Å². The van der Waals surface area contributed by atoms with Crippen LogP contribution in [0.3, 0.4) is 0 Å². The minimum atomic E-state index is -0.458. The Morgan fingerprint density at radius 1 is 1.55 bits per heavy atom. The summed E-state index contributed by atoms with van der Waals surface area (Å²) in [5, 5.41) is 11.2. The molecule has 0 heterocycles. The molecular weight excluding hydrogens is 376 g/mol. The lowest BCUT2D eigenvalue weighted by atomic mass is 10.0. The highest BCUT2D eigenvalue weighted by Gasteiger charge is 2.32. The molecule has 1 aromatic carbocycles. The zero-order valence-electron chi connectivity index (χ0n) is 11.2. The molecule has 7 heteroatoms. The number of nitrogens with two attached hydrogens (primary N) is 1. The summed E-state index contributed by atoms with van der Waals surface area (Å²) in [7, 11) is 1.79. The Morgan fingerprint density at radius 2 is 2.25 bits per heavy atom. The normalized spacial score (nSPS) is 22.0. The van der Waals surface area contributed by atoms with Gasteiger partial charge in [-0.25, -0.2) is 4.39 Å². The summed E-state index contributed by atoms with van der Waals surface area (Å²) in [4.78, 5) is 12.5. The highest BCUT2D eigenvalue weighted by atomic mass is 127. The van der Waals surface area contributed by atoms with Crippen LogP contribution in [0.15, 0.2) is 12.1 Å². The van der Waals surface area contributed by atoms with Gasteiger partial charge in [-0.2, -0.15) is 0 Å². The number of nitrogens with zero attached hydrogens (tertiary/aromatic N) is 2. The lowest BCUT2D eigenvalue weighted by Gasteiger charge is -2.30. The van der Waals surface area contributed by atoms with Crippen LogP contribution in [0.5, 0.6) is 0 Å². The average molecular weight is 393 g/mol. The van der Waals surface area contributed by atoms with Gasteiger partial charge in [-0.15, -0.1) is 0 Å². The van der Waals surface area contributed by atoms with Crippen LogP contribution in [0.4, 0.5) is 15.8 Å². The molecule has 0 amide bonds. The van der Waals surface area contributed by atoms with E-state index in [0.29, 0.717) is 18.2 Å². The second-order valence-electron chi connectivity index (χ2n) is 5.12. The SMILES string of the molecule is CN(c1cc(F)c(I)cc1[N+](=O)[O-])C1CCCC1CN. The van der Waals surface area contributed by atoms with Crippen molar-refractivity contribution in [1.82, 2.24) is 0 Å². The Morgan fingerprint density at radius 3 is 2.85 bits per heavy atom. The summed E-state index contributed by atoms with van der Waals surface area (Å²) in [5.41, 5.74) is 6.03. The molecule has 0 bridgehead atoms. The van der Waals surface area contributed by atoms with Crippen molar-refractivity contribution in [2.24, 2.45) is 11.7 Å². The highest BCUT2D eigenvalue weighted by molar-refractivity contribution is 14.1. The molecule has 0 aliphatic heterocycles. The van der Waals surface area contributed by atoms with Gasteiger partial charge in [0, 0.05) is 25.2 Å². The number of nitro benzene ring substituents is 1. The molecule has 1 aliphatic carbocycles. The Balaban J connectivity index is 2.40. The maximum absolute atomic E-state index is 13.8. The van der Waals surface area contributed by atoms with Crippen LogP contribution in [-0.2, 0) is 0 Å². The highest BCUT2D eigenvalue weighted by Crippen LogP contribution is 2.37. The lowest BCUT2D eigenvalue weighted by Crippen LogP contribution is -2.38. The van der Waals surface area contributed by atoms with Crippen molar-refractivity contribution >= 4 is 34.0 Å². The molecule has 0 spiro atoms. The van der Waals surface area contributed by atoms with E-state index in [4.69, 9.17) is 5.73 Å². The third-order valence-electron chi connectivity index (χ3n) is 4.01. The summed E-state index contributed by atoms with van der Waals surface area (Å²) in [6.07, 6.45) is 3.01.